The van der Waals surface area contributed by atoms with E-state index in [0.29, 0.717) is 13.0 Å². The number of allylic oxidation sites excluding steroid dienone is 2. The number of amides is 2. The van der Waals surface area contributed by atoms with Crippen LogP contribution in [0.15, 0.2) is 36.2 Å². The number of likely N-dealkylation sites (tertiary alicyclic amines) is 1. The SMILES string of the molecule is CC1=C[C@H](C)[C@@H]2C(=O)N(Cc3cccnc3)C(=O)[C@@H]2C1. The summed E-state index contributed by atoms with van der Waals surface area (Å²) in [6.07, 6.45) is 6.23. The van der Waals surface area contributed by atoms with E-state index in [2.05, 4.69) is 11.1 Å². The van der Waals surface area contributed by atoms with Crippen LogP contribution in [-0.4, -0.2) is 21.7 Å². The molecule has 0 saturated carbocycles. The molecular weight excluding hydrogens is 252 g/mol. The summed E-state index contributed by atoms with van der Waals surface area (Å²) >= 11 is 0. The number of hydrogen-bond donors (Lipinski definition) is 0. The zero-order valence-electron chi connectivity index (χ0n) is 11.7. The molecule has 2 amide bonds. The number of imide groups is 1. The van der Waals surface area contributed by atoms with Crippen LogP contribution in [0.2, 0.25) is 0 Å². The second kappa shape index (κ2) is 4.85. The molecule has 1 aliphatic heterocycles. The Hall–Kier alpha value is -1.97. The van der Waals surface area contributed by atoms with Gasteiger partial charge < -0.3 is 0 Å². The van der Waals surface area contributed by atoms with Crippen LogP contribution < -0.4 is 0 Å². The number of carbonyl (C=O) groups is 2. The minimum absolute atomic E-state index is 0.0249. The molecule has 2 aliphatic rings. The Bertz CT molecular complexity index is 579. The van der Waals surface area contributed by atoms with E-state index >= 15 is 0 Å². The molecule has 0 bridgehead atoms. The summed E-state index contributed by atoms with van der Waals surface area (Å²) < 4.78 is 0. The third kappa shape index (κ3) is 2.05. The first-order chi connectivity index (χ1) is 9.58. The van der Waals surface area contributed by atoms with Crippen molar-refractivity contribution in [3.05, 3.63) is 41.7 Å². The van der Waals surface area contributed by atoms with Gasteiger partial charge in [0.25, 0.3) is 0 Å². The summed E-state index contributed by atoms with van der Waals surface area (Å²) in [5.41, 5.74) is 2.10. The highest BCUT2D eigenvalue weighted by atomic mass is 16.2. The van der Waals surface area contributed by atoms with E-state index in [4.69, 9.17) is 0 Å². The minimum atomic E-state index is -0.178. The predicted molar refractivity (Wildman–Crippen MR) is 74.3 cm³/mol. The van der Waals surface area contributed by atoms with Gasteiger partial charge in [0.1, 0.15) is 0 Å². The summed E-state index contributed by atoms with van der Waals surface area (Å²) in [5, 5.41) is 0. The van der Waals surface area contributed by atoms with Crippen molar-refractivity contribution < 1.29 is 9.59 Å². The number of nitrogens with zero attached hydrogens (tertiary/aromatic N) is 2. The van der Waals surface area contributed by atoms with E-state index in [1.165, 1.54) is 10.5 Å². The van der Waals surface area contributed by atoms with Gasteiger partial charge in [0.2, 0.25) is 11.8 Å². The van der Waals surface area contributed by atoms with Gasteiger partial charge >= 0.3 is 0 Å². The van der Waals surface area contributed by atoms with Crippen LogP contribution >= 0.6 is 0 Å². The van der Waals surface area contributed by atoms with E-state index in [1.807, 2.05) is 26.0 Å². The van der Waals surface area contributed by atoms with Crippen molar-refractivity contribution in [1.29, 1.82) is 0 Å². The quantitative estimate of drug-likeness (QED) is 0.611. The molecule has 1 saturated heterocycles. The summed E-state index contributed by atoms with van der Waals surface area (Å²) in [7, 11) is 0. The van der Waals surface area contributed by atoms with Crippen LogP contribution in [0, 0.1) is 17.8 Å². The molecule has 1 aliphatic carbocycles. The van der Waals surface area contributed by atoms with E-state index in [-0.39, 0.29) is 29.6 Å². The van der Waals surface area contributed by atoms with Gasteiger partial charge in [-0.1, -0.05) is 24.6 Å². The lowest BCUT2D eigenvalue weighted by atomic mass is 9.76. The summed E-state index contributed by atoms with van der Waals surface area (Å²) in [5.74, 6) is -0.255. The van der Waals surface area contributed by atoms with E-state index in [1.54, 1.807) is 12.4 Å². The van der Waals surface area contributed by atoms with Crippen LogP contribution in [0.1, 0.15) is 25.8 Å². The fourth-order valence-corrected chi connectivity index (χ4v) is 3.42. The Kier molecular flexibility index (Phi) is 3.16. The first kappa shape index (κ1) is 13.0. The van der Waals surface area contributed by atoms with Crippen molar-refractivity contribution in [2.75, 3.05) is 0 Å². The molecule has 1 fully saturated rings. The Morgan fingerprint density at radius 1 is 1.35 bits per heavy atom. The van der Waals surface area contributed by atoms with Gasteiger partial charge in [0.05, 0.1) is 18.4 Å². The lowest BCUT2D eigenvalue weighted by molar-refractivity contribution is -0.140. The second-order valence-corrected chi connectivity index (χ2v) is 5.83. The molecule has 0 aromatic carbocycles. The molecule has 4 nitrogen and oxygen atoms in total. The highest BCUT2D eigenvalue weighted by Gasteiger charge is 2.50. The standard InChI is InChI=1S/C16H18N2O2/c1-10-6-11(2)14-13(7-10)15(19)18(16(14)20)9-12-4-3-5-17-8-12/h3-6,8,11,13-14H,7,9H2,1-2H3/t11-,13+,14-/m0/s1. The highest BCUT2D eigenvalue weighted by Crippen LogP contribution is 2.41. The maximum atomic E-state index is 12.5. The van der Waals surface area contributed by atoms with E-state index in [9.17, 15) is 9.59 Å². The van der Waals surface area contributed by atoms with E-state index < -0.39 is 0 Å². The molecule has 3 atom stereocenters. The van der Waals surface area contributed by atoms with Gasteiger partial charge in [0, 0.05) is 12.4 Å². The maximum Gasteiger partial charge on any atom is 0.234 e. The number of pyridine rings is 1. The highest BCUT2D eigenvalue weighted by molar-refractivity contribution is 6.05. The smallest absolute Gasteiger partial charge is 0.234 e. The molecule has 1 aromatic rings. The molecular formula is C16H18N2O2. The Morgan fingerprint density at radius 3 is 2.85 bits per heavy atom. The molecule has 0 N–H and O–H groups in total. The molecule has 1 aromatic heterocycles. The predicted octanol–water partition coefficient (Wildman–Crippen LogP) is 2.17. The molecule has 104 valence electrons. The second-order valence-electron chi connectivity index (χ2n) is 5.83. The Labute approximate surface area is 118 Å². The van der Waals surface area contributed by atoms with E-state index in [0.717, 1.165) is 5.56 Å². The lowest BCUT2D eigenvalue weighted by Crippen LogP contribution is -2.31. The average Bonchev–Trinajstić information content (AvgIpc) is 2.65. The number of aromatic nitrogens is 1. The third-order valence-corrected chi connectivity index (χ3v) is 4.29. The molecule has 4 heteroatoms. The van der Waals surface area contributed by atoms with Crippen molar-refractivity contribution in [2.45, 2.75) is 26.8 Å². The number of rotatable bonds is 2. The van der Waals surface area contributed by atoms with Gasteiger partial charge in [-0.05, 0) is 30.9 Å². The zero-order chi connectivity index (χ0) is 14.3. The molecule has 0 spiro atoms. The summed E-state index contributed by atoms with van der Waals surface area (Å²) in [6.45, 7) is 4.40. The average molecular weight is 270 g/mol. The number of fused-ring (bicyclic) bond motifs is 1. The number of hydrogen-bond acceptors (Lipinski definition) is 3. The topological polar surface area (TPSA) is 50.3 Å². The van der Waals surface area contributed by atoms with Crippen molar-refractivity contribution in [1.82, 2.24) is 9.88 Å². The van der Waals surface area contributed by atoms with Crippen molar-refractivity contribution in [2.24, 2.45) is 17.8 Å². The van der Waals surface area contributed by atoms with Crippen molar-refractivity contribution in [3.63, 3.8) is 0 Å². The Morgan fingerprint density at radius 2 is 2.15 bits per heavy atom. The number of carbonyl (C=O) groups excluding carboxylic acids is 2. The van der Waals surface area contributed by atoms with Crippen molar-refractivity contribution >= 4 is 11.8 Å². The monoisotopic (exact) mass is 270 g/mol. The fourth-order valence-electron chi connectivity index (χ4n) is 3.42. The van der Waals surface area contributed by atoms with Crippen LogP contribution in [-0.2, 0) is 16.1 Å². The third-order valence-electron chi connectivity index (χ3n) is 4.29. The zero-order valence-corrected chi connectivity index (χ0v) is 11.7. The fraction of sp³-hybridized carbons (Fsp3) is 0.438. The van der Waals surface area contributed by atoms with Crippen molar-refractivity contribution in [3.8, 4) is 0 Å². The van der Waals surface area contributed by atoms with Crippen LogP contribution in [0.3, 0.4) is 0 Å². The first-order valence-electron chi connectivity index (χ1n) is 6.99. The van der Waals surface area contributed by atoms with Gasteiger partial charge in [-0.2, -0.15) is 0 Å². The van der Waals surface area contributed by atoms with Gasteiger partial charge in [-0.3, -0.25) is 19.5 Å². The largest absolute Gasteiger partial charge is 0.278 e. The minimum Gasteiger partial charge on any atom is -0.278 e. The van der Waals surface area contributed by atoms with Crippen LogP contribution in [0.4, 0.5) is 0 Å². The van der Waals surface area contributed by atoms with Crippen LogP contribution in [0.5, 0.6) is 0 Å². The molecule has 0 unspecified atom stereocenters. The lowest BCUT2D eigenvalue weighted by Gasteiger charge is -2.25. The molecule has 0 radical (unpaired) electrons. The van der Waals surface area contributed by atoms with Gasteiger partial charge in [-0.15, -0.1) is 0 Å². The normalized spacial score (nSPS) is 29.4. The Balaban J connectivity index is 1.86. The van der Waals surface area contributed by atoms with Crippen LogP contribution in [0.25, 0.3) is 0 Å². The molecule has 2 heterocycles. The first-order valence-corrected chi connectivity index (χ1v) is 6.99. The van der Waals surface area contributed by atoms with Gasteiger partial charge in [-0.25, -0.2) is 0 Å². The van der Waals surface area contributed by atoms with Gasteiger partial charge in [0.15, 0.2) is 0 Å². The summed E-state index contributed by atoms with van der Waals surface area (Å²) in [6, 6.07) is 3.71. The maximum absolute atomic E-state index is 12.5. The summed E-state index contributed by atoms with van der Waals surface area (Å²) in [4.78, 5) is 30.5. The molecule has 20 heavy (non-hydrogen) atoms. The molecule has 3 rings (SSSR count).